The van der Waals surface area contributed by atoms with Gasteiger partial charge in [0.25, 0.3) is 22.2 Å². The number of benzene rings is 6. The van der Waals surface area contributed by atoms with Crippen molar-refractivity contribution in [3.63, 3.8) is 0 Å². The van der Waals surface area contributed by atoms with Gasteiger partial charge in [0, 0.05) is 39.3 Å². The number of fused-ring (bicyclic) bond motifs is 4. The first-order valence-corrected chi connectivity index (χ1v) is 42.8. The van der Waals surface area contributed by atoms with Crippen LogP contribution in [0.5, 0.6) is 11.5 Å². The van der Waals surface area contributed by atoms with Gasteiger partial charge in [-0.3, -0.25) is 37.4 Å². The van der Waals surface area contributed by atoms with E-state index in [-0.39, 0.29) is 141 Å². The second-order valence-electron chi connectivity index (χ2n) is 31.6. The number of aliphatic hydroxyl groups excluding tert-OH is 1. The maximum atomic E-state index is 13.8. The number of phenols is 2. The summed E-state index contributed by atoms with van der Waals surface area (Å²) in [6.07, 6.45) is 6.92. The van der Waals surface area contributed by atoms with Gasteiger partial charge in [-0.15, -0.1) is 0 Å². The Hall–Kier alpha value is -18.8. The predicted octanol–water partition coefficient (Wildman–Crippen LogP) is 9.19. The molecule has 43 nitrogen and oxygen atoms in total. The summed E-state index contributed by atoms with van der Waals surface area (Å²) in [5.41, 5.74) is 35.7. The third-order valence-corrected chi connectivity index (χ3v) is 22.4. The van der Waals surface area contributed by atoms with E-state index in [1.165, 1.54) is 60.5 Å². The Morgan fingerprint density at radius 1 is 0.403 bits per heavy atom. The number of aromatic nitrogens is 24. The van der Waals surface area contributed by atoms with Crippen LogP contribution in [0.4, 0.5) is 50.4 Å². The molecule has 0 spiro atoms. The molecule has 0 radical (unpaired) electrons. The van der Waals surface area contributed by atoms with E-state index in [1.54, 1.807) is 100 Å². The van der Waals surface area contributed by atoms with E-state index < -0.39 is 11.6 Å². The maximum absolute atomic E-state index is 13.8. The standard InChI is InChI=1S/C26H24FN9O2.C26H25N9O2.C23H23N9O2.C20H21N9O/c1-13-6-4-5-7-17(13)36-19(33-21(14(2)28)23(30-3)26(36)38)11-35-25-20(24(29)31-12-32-25)22(34-35)15-8-9-16(27)18(37)10-15;1-14-7-4-5-10-18(14)35-19(32-21(15(2)27)23(29-3)26(35)37)12-34-25-20(24(28)30-13-31-25)22(33-34)16-8-6-9-17(36)11-16;1-13-7-4-5-9-16(13)32-17(29-19(14(2)24)20(26-3)23(32)34)11-31-22-18(21(25)27-12-28-22)15(30-31)8-6-10-33;1-11-6-4-5-7-14(11)29-15(27-16(12(2)21)17(23-3)20(29)30)9-28-19-13(8-26-28)18(22)24-10-25-19/h4-10,12,28,30,37H,11H2,1-3H3,(H2,29,31,32);4-11,13,27,29,36H,12H2,1-3H3,(H2,28,30,31);4-5,7,9,12,24,26,33H,10-11H2,1-3H3,(H2,25,27,28);4-8,10,21,23H,9H2,1-3H3,(H2,22,24,25). The molecule has 19 N–H and O–H groups in total. The van der Waals surface area contributed by atoms with Crippen LogP contribution in [-0.2, 0) is 26.2 Å². The molecule has 18 aromatic rings. The molecule has 139 heavy (non-hydrogen) atoms. The highest BCUT2D eigenvalue weighted by atomic mass is 19.1. The minimum atomic E-state index is -0.771. The molecule has 0 aliphatic carbocycles. The smallest absolute Gasteiger partial charge is 0.282 e. The molecule has 0 unspecified atom stereocenters. The Morgan fingerprint density at radius 2 is 0.734 bits per heavy atom. The highest BCUT2D eigenvalue weighted by Crippen LogP contribution is 2.36. The van der Waals surface area contributed by atoms with E-state index in [4.69, 9.17) is 64.7 Å². The highest BCUT2D eigenvalue weighted by molar-refractivity contribution is 6.03. The number of hydrogen-bond donors (Lipinski definition) is 15. The summed E-state index contributed by atoms with van der Waals surface area (Å²) in [4.78, 5) is 107. The Kier molecular flexibility index (Phi) is 27.2. The summed E-state index contributed by atoms with van der Waals surface area (Å²) in [6, 6.07) is 40.4. The molecule has 702 valence electrons. The van der Waals surface area contributed by atoms with Crippen LogP contribution in [0, 0.1) is 67.0 Å². The largest absolute Gasteiger partial charge is 0.508 e. The zero-order valence-electron chi connectivity index (χ0n) is 77.1. The molecule has 0 saturated heterocycles. The molecule has 0 atom stereocenters. The SMILES string of the molecule is CNc1c(C(C)=N)nc(Cn2nc(-c3ccc(F)c(O)c3)c3c(N)ncnc32)n(-c2ccccc2C)c1=O.CNc1c(C(C)=N)nc(Cn2nc(-c3cccc(O)c3)c3c(N)ncnc32)n(-c2ccccc2C)c1=O.CNc1c(C(C)=N)nc(Cn2nc(C#CCO)c3c(N)ncnc32)n(-c2ccccc2C)c1=O.CNc1c(C(C)=N)nc(Cn2ncc3c(N)ncnc32)n(-c2ccccc2C)c1=O. The van der Waals surface area contributed by atoms with Gasteiger partial charge in [-0.05, 0) is 138 Å². The average Bonchev–Trinajstić information content (AvgIpc) is 1.74. The van der Waals surface area contributed by atoms with Gasteiger partial charge in [0.1, 0.15) is 173 Å². The average molecular weight is 1870 g/mol. The fraction of sp³-hybridized carbons (Fsp3) is 0.179. The molecule has 0 saturated carbocycles. The third-order valence-electron chi connectivity index (χ3n) is 22.4. The monoisotopic (exact) mass is 1870 g/mol. The van der Waals surface area contributed by atoms with Crippen molar-refractivity contribution >= 4 is 113 Å². The van der Waals surface area contributed by atoms with Crippen LogP contribution in [0.3, 0.4) is 0 Å². The molecule has 12 aromatic heterocycles. The lowest BCUT2D eigenvalue weighted by atomic mass is 10.1. The summed E-state index contributed by atoms with van der Waals surface area (Å²) in [5, 5.41) is 93.7. The Labute approximate surface area is 789 Å². The number of hydrogen-bond acceptors (Lipinski definition) is 35. The lowest BCUT2D eigenvalue weighted by Gasteiger charge is -2.18. The van der Waals surface area contributed by atoms with Crippen LogP contribution in [0.2, 0.25) is 0 Å². The first-order chi connectivity index (χ1) is 66.8. The molecule has 0 amide bonds. The molecular weight excluding hydrogens is 1780 g/mol. The number of aromatic hydroxyl groups is 2. The first kappa shape index (κ1) is 94.8. The van der Waals surface area contributed by atoms with Crippen LogP contribution in [0.1, 0.15) is 102 Å². The quantitative estimate of drug-likeness (QED) is 0.0222. The molecule has 0 aliphatic rings. The minimum absolute atomic E-state index is 0.0199. The zero-order valence-corrected chi connectivity index (χ0v) is 77.1. The van der Waals surface area contributed by atoms with Crippen LogP contribution in [0.25, 0.3) is 89.4 Å². The van der Waals surface area contributed by atoms with Crippen molar-refractivity contribution in [3.05, 3.63) is 292 Å². The number of rotatable bonds is 22. The molecule has 18 rings (SSSR count). The van der Waals surface area contributed by atoms with Crippen molar-refractivity contribution in [2.24, 2.45) is 0 Å². The van der Waals surface area contributed by atoms with E-state index in [1.807, 2.05) is 125 Å². The van der Waals surface area contributed by atoms with Crippen LogP contribution >= 0.6 is 0 Å². The highest BCUT2D eigenvalue weighted by Gasteiger charge is 2.30. The first-order valence-electron chi connectivity index (χ1n) is 42.8. The Bertz CT molecular complexity index is 8320. The number of nitrogens with one attached hydrogen (secondary N) is 8. The predicted molar refractivity (Wildman–Crippen MR) is 530 cm³/mol. The van der Waals surface area contributed by atoms with Gasteiger partial charge in [-0.25, -0.2) is 82.9 Å². The van der Waals surface area contributed by atoms with Crippen molar-refractivity contribution in [2.75, 3.05) is 79.0 Å². The number of para-hydroxylation sites is 4. The third kappa shape index (κ3) is 18.5. The van der Waals surface area contributed by atoms with Crippen molar-refractivity contribution in [1.82, 2.24) is 117 Å². The number of nitrogen functional groups attached to an aromatic ring is 4. The van der Waals surface area contributed by atoms with Crippen LogP contribution in [-0.4, -0.2) is 190 Å². The summed E-state index contributed by atoms with van der Waals surface area (Å²) < 4.78 is 26.1. The number of nitrogens with zero attached hydrogens (tertiary/aromatic N) is 24. The minimum Gasteiger partial charge on any atom is -0.508 e. The number of anilines is 8. The van der Waals surface area contributed by atoms with E-state index in [0.717, 1.165) is 28.3 Å². The van der Waals surface area contributed by atoms with Gasteiger partial charge in [0.05, 0.1) is 73.3 Å². The van der Waals surface area contributed by atoms with Crippen molar-refractivity contribution in [2.45, 2.75) is 81.6 Å². The maximum Gasteiger partial charge on any atom is 0.282 e. The summed E-state index contributed by atoms with van der Waals surface area (Å²) in [6.45, 7) is 13.8. The molecule has 44 heteroatoms. The molecular formula is C95H93FN36O7. The number of aryl methyl sites for hydroxylation is 4. The second-order valence-corrected chi connectivity index (χ2v) is 31.6. The molecule has 12 heterocycles. The molecule has 0 fully saturated rings. The normalized spacial score (nSPS) is 11.0. The molecule has 0 bridgehead atoms. The second kappa shape index (κ2) is 39.9. The summed E-state index contributed by atoms with van der Waals surface area (Å²) in [5.74, 6) is 6.47. The van der Waals surface area contributed by atoms with Gasteiger partial charge in [-0.2, -0.15) is 20.4 Å². The topological polar surface area (TPSA) is 622 Å². The van der Waals surface area contributed by atoms with Crippen molar-refractivity contribution in [3.8, 4) is 68.6 Å². The molecule has 6 aromatic carbocycles. The molecule has 0 aliphatic heterocycles. The van der Waals surface area contributed by atoms with Crippen LogP contribution in [0.15, 0.2) is 190 Å². The zero-order chi connectivity index (χ0) is 99.2. The van der Waals surface area contributed by atoms with Gasteiger partial charge >= 0.3 is 0 Å². The van der Waals surface area contributed by atoms with Gasteiger partial charge in [0.2, 0.25) is 0 Å². The fourth-order valence-corrected chi connectivity index (χ4v) is 15.8. The lowest BCUT2D eigenvalue weighted by molar-refractivity contribution is 0.350. The van der Waals surface area contributed by atoms with Gasteiger partial charge < -0.3 is 81.2 Å². The fourth-order valence-electron chi connectivity index (χ4n) is 15.8. The van der Waals surface area contributed by atoms with E-state index in [9.17, 15) is 33.8 Å². The summed E-state index contributed by atoms with van der Waals surface area (Å²) >= 11 is 0. The number of nitrogens with two attached hydrogens (primary N) is 4. The number of phenolic OH excluding ortho intramolecular Hbond substituents is 2. The van der Waals surface area contributed by atoms with Gasteiger partial charge in [0.15, 0.2) is 34.2 Å². The lowest BCUT2D eigenvalue weighted by Crippen LogP contribution is -2.30. The Morgan fingerprint density at radius 3 is 1.08 bits per heavy atom. The van der Waals surface area contributed by atoms with Crippen LogP contribution < -0.4 is 66.4 Å². The number of aliphatic hydroxyl groups is 1. The number of halogens is 1. The van der Waals surface area contributed by atoms with Gasteiger partial charge in [-0.1, -0.05) is 90.8 Å². The van der Waals surface area contributed by atoms with E-state index in [0.29, 0.717) is 130 Å². The van der Waals surface area contributed by atoms with Crippen molar-refractivity contribution < 1.29 is 19.7 Å². The van der Waals surface area contributed by atoms with E-state index in [2.05, 4.69) is 98.2 Å². The summed E-state index contributed by atoms with van der Waals surface area (Å²) in [7, 11) is 6.51. The van der Waals surface area contributed by atoms with E-state index >= 15 is 0 Å². The Balaban J connectivity index is 0.000000141. The van der Waals surface area contributed by atoms with Crippen molar-refractivity contribution in [1.29, 1.82) is 21.6 Å².